The Morgan fingerprint density at radius 2 is 1.14 bits per heavy atom. The van der Waals surface area contributed by atoms with Crippen molar-refractivity contribution in [2.75, 3.05) is 40.9 Å². The van der Waals surface area contributed by atoms with E-state index in [1.165, 1.54) is 116 Å². The summed E-state index contributed by atoms with van der Waals surface area (Å²) in [7, 11) is 1.24. The lowest BCUT2D eigenvalue weighted by atomic mass is 10.0. The summed E-state index contributed by atoms with van der Waals surface area (Å²) >= 11 is 0. The van der Waals surface area contributed by atoms with Crippen LogP contribution < -0.4 is 10.2 Å². The maximum Gasteiger partial charge on any atom is 0.268 e. The molecule has 3 atom stereocenters. The van der Waals surface area contributed by atoms with Crippen LogP contribution in [0.5, 0.6) is 0 Å². The van der Waals surface area contributed by atoms with Crippen molar-refractivity contribution in [2.45, 2.75) is 187 Å². The van der Waals surface area contributed by atoms with Crippen molar-refractivity contribution >= 4 is 13.7 Å². The van der Waals surface area contributed by atoms with Gasteiger partial charge >= 0.3 is 0 Å². The minimum absolute atomic E-state index is 0.00521. The fraction of sp³-hybridized carbons (Fsp3) is 0.875. The lowest BCUT2D eigenvalue weighted by Crippen LogP contribution is -2.45. The van der Waals surface area contributed by atoms with Gasteiger partial charge in [-0.25, -0.2) is 0 Å². The average molecular weight is 715 g/mol. The van der Waals surface area contributed by atoms with E-state index in [9.17, 15) is 19.4 Å². The van der Waals surface area contributed by atoms with Crippen LogP contribution in [0.4, 0.5) is 0 Å². The van der Waals surface area contributed by atoms with Gasteiger partial charge in [-0.2, -0.15) is 0 Å². The summed E-state index contributed by atoms with van der Waals surface area (Å²) in [6.45, 7) is 4.55. The zero-order valence-electron chi connectivity index (χ0n) is 32.6. The predicted octanol–water partition coefficient (Wildman–Crippen LogP) is 9.94. The number of quaternary nitrogens is 1. The molecule has 8 nitrogen and oxygen atoms in total. The smallest absolute Gasteiger partial charge is 0.268 e. The number of carbonyl (C=O) groups is 1. The van der Waals surface area contributed by atoms with E-state index in [1.54, 1.807) is 6.08 Å². The average Bonchev–Trinajstić information content (AvgIpc) is 3.04. The van der Waals surface area contributed by atoms with Gasteiger partial charge in [-0.15, -0.1) is 0 Å². The molecule has 290 valence electrons. The molecule has 0 spiro atoms. The van der Waals surface area contributed by atoms with Gasteiger partial charge in [0.15, 0.2) is 0 Å². The Morgan fingerprint density at radius 3 is 1.65 bits per heavy atom. The Bertz CT molecular complexity index is 860. The van der Waals surface area contributed by atoms with E-state index in [-0.39, 0.29) is 12.5 Å². The zero-order valence-corrected chi connectivity index (χ0v) is 33.5. The highest BCUT2D eigenvalue weighted by Gasteiger charge is 2.23. The van der Waals surface area contributed by atoms with Crippen LogP contribution in [0.25, 0.3) is 0 Å². The summed E-state index contributed by atoms with van der Waals surface area (Å²) in [4.78, 5) is 25.0. The van der Waals surface area contributed by atoms with Crippen LogP contribution in [0.1, 0.15) is 174 Å². The number of unbranched alkanes of at least 4 members (excludes halogenated alkanes) is 21. The SMILES string of the molecule is CCCCCCCCCCCCCCCCC/C=C/CC/C=C/C(O)C(COP(=O)([O-])OCC[N+](C)(C)C)NC(=O)CCCCCCCC. The lowest BCUT2D eigenvalue weighted by Gasteiger charge is -2.29. The van der Waals surface area contributed by atoms with E-state index >= 15 is 0 Å². The molecule has 0 rings (SSSR count). The van der Waals surface area contributed by atoms with Gasteiger partial charge in [-0.05, 0) is 32.1 Å². The first-order valence-corrected chi connectivity index (χ1v) is 21.7. The van der Waals surface area contributed by atoms with Gasteiger partial charge in [0, 0.05) is 6.42 Å². The van der Waals surface area contributed by atoms with E-state index < -0.39 is 26.6 Å². The molecule has 0 saturated carbocycles. The third kappa shape index (κ3) is 35.2. The highest BCUT2D eigenvalue weighted by Crippen LogP contribution is 2.38. The number of aliphatic hydroxyl groups excluding tert-OH is 1. The number of phosphoric acid groups is 1. The molecule has 2 N–H and O–H groups in total. The monoisotopic (exact) mass is 715 g/mol. The maximum absolute atomic E-state index is 12.6. The van der Waals surface area contributed by atoms with Crippen LogP contribution >= 0.6 is 7.82 Å². The van der Waals surface area contributed by atoms with Gasteiger partial charge in [0.05, 0.1) is 39.9 Å². The van der Waals surface area contributed by atoms with Gasteiger partial charge in [-0.3, -0.25) is 9.36 Å². The first kappa shape index (κ1) is 48.0. The topological polar surface area (TPSA) is 108 Å². The number of phosphoric ester groups is 1. The number of allylic oxidation sites excluding steroid dienone is 3. The molecular formula is C40H79N2O6P. The van der Waals surface area contributed by atoms with Gasteiger partial charge < -0.3 is 28.8 Å². The zero-order chi connectivity index (χ0) is 36.5. The molecule has 0 radical (unpaired) electrons. The Balaban J connectivity index is 4.32. The second kappa shape index (κ2) is 32.9. The molecule has 0 aliphatic heterocycles. The molecule has 0 aromatic heterocycles. The molecule has 0 bridgehead atoms. The predicted molar refractivity (Wildman–Crippen MR) is 205 cm³/mol. The van der Waals surface area contributed by atoms with Gasteiger partial charge in [0.1, 0.15) is 13.2 Å². The summed E-state index contributed by atoms with van der Waals surface area (Å²) < 4.78 is 23.0. The van der Waals surface area contributed by atoms with Crippen LogP contribution in [0.2, 0.25) is 0 Å². The summed E-state index contributed by atoms with van der Waals surface area (Å²) in [6.07, 6.45) is 36.9. The molecule has 3 unspecified atom stereocenters. The number of aliphatic hydroxyl groups is 1. The van der Waals surface area contributed by atoms with Crippen molar-refractivity contribution in [1.29, 1.82) is 0 Å². The molecular weight excluding hydrogens is 635 g/mol. The summed E-state index contributed by atoms with van der Waals surface area (Å²) in [5.74, 6) is -0.218. The number of rotatable bonds is 36. The van der Waals surface area contributed by atoms with E-state index in [1.807, 2.05) is 27.2 Å². The van der Waals surface area contributed by atoms with Crippen molar-refractivity contribution in [3.8, 4) is 0 Å². The third-order valence-electron chi connectivity index (χ3n) is 8.91. The summed E-state index contributed by atoms with van der Waals surface area (Å²) in [5, 5.41) is 13.6. The van der Waals surface area contributed by atoms with Gasteiger partial charge in [-0.1, -0.05) is 160 Å². The van der Waals surface area contributed by atoms with Gasteiger partial charge in [0.25, 0.3) is 7.82 Å². The molecule has 0 fully saturated rings. The van der Waals surface area contributed by atoms with E-state index in [0.717, 1.165) is 38.5 Å². The second-order valence-corrected chi connectivity index (χ2v) is 16.4. The standard InChI is InChI=1S/C40H79N2O6P/c1-6-8-10-12-14-15-16-17-18-19-20-21-22-23-24-25-26-27-28-29-31-33-39(43)38(41-40(44)34-32-30-13-11-9-7-2)37-48-49(45,46)47-36-35-42(3,4)5/h26-27,31,33,38-39,43H,6-25,28-30,32,34-37H2,1-5H3,(H-,41,44,45,46)/b27-26+,33-31+. The first-order valence-electron chi connectivity index (χ1n) is 20.2. The summed E-state index contributed by atoms with van der Waals surface area (Å²) in [6, 6.07) is -0.895. The van der Waals surface area contributed by atoms with Crippen LogP contribution in [0.15, 0.2) is 24.3 Å². The Morgan fingerprint density at radius 1 is 0.694 bits per heavy atom. The number of amides is 1. The van der Waals surface area contributed by atoms with Crippen LogP contribution in [-0.2, 0) is 18.4 Å². The Hall–Kier alpha value is -1.02. The van der Waals surface area contributed by atoms with E-state index in [2.05, 4.69) is 31.3 Å². The van der Waals surface area contributed by atoms with Crippen molar-refractivity contribution in [3.63, 3.8) is 0 Å². The molecule has 1 amide bonds. The molecule has 0 aliphatic rings. The second-order valence-electron chi connectivity index (χ2n) is 15.0. The number of hydrogen-bond acceptors (Lipinski definition) is 6. The molecule has 0 aliphatic carbocycles. The van der Waals surface area contributed by atoms with Crippen LogP contribution in [0, 0.1) is 0 Å². The van der Waals surface area contributed by atoms with Crippen molar-refractivity contribution in [2.24, 2.45) is 0 Å². The number of carbonyl (C=O) groups excluding carboxylic acids is 1. The Kier molecular flexibility index (Phi) is 32.2. The largest absolute Gasteiger partial charge is 0.756 e. The maximum atomic E-state index is 12.6. The number of likely N-dealkylation sites (N-methyl/N-ethyl adjacent to an activating group) is 1. The fourth-order valence-electron chi connectivity index (χ4n) is 5.64. The fourth-order valence-corrected chi connectivity index (χ4v) is 6.36. The number of hydrogen-bond donors (Lipinski definition) is 2. The minimum atomic E-state index is -4.58. The number of nitrogens with zero attached hydrogens (tertiary/aromatic N) is 1. The first-order chi connectivity index (χ1) is 23.5. The van der Waals surface area contributed by atoms with Gasteiger partial charge in [0.2, 0.25) is 5.91 Å². The molecule has 9 heteroatoms. The normalized spacial score (nSPS) is 14.8. The number of nitrogens with one attached hydrogen (secondary N) is 1. The molecule has 0 aromatic carbocycles. The van der Waals surface area contributed by atoms with Crippen molar-refractivity contribution in [3.05, 3.63) is 24.3 Å². The molecule has 49 heavy (non-hydrogen) atoms. The van der Waals surface area contributed by atoms with Crippen LogP contribution in [0.3, 0.4) is 0 Å². The minimum Gasteiger partial charge on any atom is -0.756 e. The summed E-state index contributed by atoms with van der Waals surface area (Å²) in [5.41, 5.74) is 0. The molecule has 0 aromatic rings. The third-order valence-corrected chi connectivity index (χ3v) is 9.88. The van der Waals surface area contributed by atoms with Crippen LogP contribution in [-0.4, -0.2) is 68.5 Å². The lowest BCUT2D eigenvalue weighted by molar-refractivity contribution is -0.870. The Labute approximate surface area is 303 Å². The molecule has 0 saturated heterocycles. The van der Waals surface area contributed by atoms with E-state index in [0.29, 0.717) is 17.4 Å². The van der Waals surface area contributed by atoms with Crippen molar-refractivity contribution < 1.29 is 32.9 Å². The molecule has 0 heterocycles. The van der Waals surface area contributed by atoms with Crippen molar-refractivity contribution in [1.82, 2.24) is 5.32 Å². The quantitative estimate of drug-likeness (QED) is 0.0290. The van der Waals surface area contributed by atoms with E-state index in [4.69, 9.17) is 9.05 Å². The highest BCUT2D eigenvalue weighted by molar-refractivity contribution is 7.45. The highest BCUT2D eigenvalue weighted by atomic mass is 31.2.